The summed E-state index contributed by atoms with van der Waals surface area (Å²) >= 11 is 0. The summed E-state index contributed by atoms with van der Waals surface area (Å²) in [4.78, 5) is 3.81. The molecule has 0 aliphatic heterocycles. The molecule has 0 aromatic carbocycles. The fourth-order valence-electron chi connectivity index (χ4n) is 1.29. The highest BCUT2D eigenvalue weighted by Crippen LogP contribution is 2.06. The molecule has 6 nitrogen and oxygen atoms in total. The highest BCUT2D eigenvalue weighted by Gasteiger charge is 2.11. The Morgan fingerprint density at radius 3 is 2.69 bits per heavy atom. The van der Waals surface area contributed by atoms with E-state index in [1.54, 1.807) is 11.6 Å². The molecular formula is C10H10N6. The molecule has 1 heterocycles. The highest BCUT2D eigenvalue weighted by molar-refractivity contribution is 5.35. The van der Waals surface area contributed by atoms with Gasteiger partial charge in [-0.25, -0.2) is 4.98 Å². The van der Waals surface area contributed by atoms with Crippen LogP contribution >= 0.6 is 0 Å². The fourth-order valence-corrected chi connectivity index (χ4v) is 1.29. The molecule has 0 saturated heterocycles. The van der Waals surface area contributed by atoms with Crippen molar-refractivity contribution in [2.24, 2.45) is 0 Å². The van der Waals surface area contributed by atoms with E-state index in [0.29, 0.717) is 13.0 Å². The summed E-state index contributed by atoms with van der Waals surface area (Å²) in [5.41, 5.74) is 0.371. The van der Waals surface area contributed by atoms with Crippen molar-refractivity contribution in [2.75, 3.05) is 7.05 Å². The lowest BCUT2D eigenvalue weighted by Crippen LogP contribution is -2.24. The van der Waals surface area contributed by atoms with Crippen molar-refractivity contribution >= 4 is 0 Å². The van der Waals surface area contributed by atoms with Crippen LogP contribution in [-0.4, -0.2) is 22.6 Å². The van der Waals surface area contributed by atoms with Crippen molar-refractivity contribution in [3.63, 3.8) is 0 Å². The van der Waals surface area contributed by atoms with Crippen molar-refractivity contribution in [3.05, 3.63) is 17.7 Å². The van der Waals surface area contributed by atoms with Gasteiger partial charge in [-0.2, -0.15) is 15.8 Å². The van der Waals surface area contributed by atoms with Crippen LogP contribution in [0.25, 0.3) is 0 Å². The lowest BCUT2D eigenvalue weighted by molar-refractivity contribution is 0.549. The minimum absolute atomic E-state index is 0.125. The summed E-state index contributed by atoms with van der Waals surface area (Å²) in [5, 5.41) is 29.1. The van der Waals surface area contributed by atoms with Crippen LogP contribution in [0.4, 0.5) is 0 Å². The topological polar surface area (TPSA) is 101 Å². The van der Waals surface area contributed by atoms with E-state index in [1.807, 2.05) is 12.1 Å². The first-order chi connectivity index (χ1) is 7.76. The van der Waals surface area contributed by atoms with Crippen LogP contribution in [0.2, 0.25) is 0 Å². The molecule has 1 rings (SSSR count). The minimum atomic E-state index is -0.264. The highest BCUT2D eigenvalue weighted by atomic mass is 15.1. The predicted molar refractivity (Wildman–Crippen MR) is 54.7 cm³/mol. The number of nitrogens with one attached hydrogen (secondary N) is 1. The third kappa shape index (κ3) is 2.36. The third-order valence-electron chi connectivity index (χ3n) is 2.21. The monoisotopic (exact) mass is 214 g/mol. The summed E-state index contributed by atoms with van der Waals surface area (Å²) in [6, 6.07) is 5.60. The maximum atomic E-state index is 8.86. The third-order valence-corrected chi connectivity index (χ3v) is 2.21. The zero-order valence-electron chi connectivity index (χ0n) is 8.80. The Hall–Kier alpha value is -2.36. The van der Waals surface area contributed by atoms with Gasteiger partial charge in [-0.3, -0.25) is 0 Å². The Morgan fingerprint density at radius 2 is 2.19 bits per heavy atom. The van der Waals surface area contributed by atoms with Crippen molar-refractivity contribution < 1.29 is 0 Å². The molecule has 6 heteroatoms. The second-order valence-corrected chi connectivity index (χ2v) is 3.12. The molecule has 0 fully saturated rings. The number of nitriles is 3. The fraction of sp³-hybridized carbons (Fsp3) is 0.400. The molecule has 1 aromatic heterocycles. The van der Waals surface area contributed by atoms with E-state index in [2.05, 4.69) is 16.4 Å². The lowest BCUT2D eigenvalue weighted by atomic mass is 10.2. The van der Waals surface area contributed by atoms with E-state index in [0.717, 1.165) is 0 Å². The maximum absolute atomic E-state index is 8.86. The number of aromatic nitrogens is 2. The van der Waals surface area contributed by atoms with E-state index in [-0.39, 0.29) is 17.4 Å². The summed E-state index contributed by atoms with van der Waals surface area (Å²) in [6.45, 7) is 0.483. The smallest absolute Gasteiger partial charge is 0.176 e. The van der Waals surface area contributed by atoms with E-state index < -0.39 is 0 Å². The van der Waals surface area contributed by atoms with Gasteiger partial charge in [0.05, 0.1) is 18.4 Å². The minimum Gasteiger partial charge on any atom is -0.321 e. The van der Waals surface area contributed by atoms with Gasteiger partial charge in [0.1, 0.15) is 12.1 Å². The molecule has 0 bridgehead atoms. The van der Waals surface area contributed by atoms with Crippen LogP contribution in [0.3, 0.4) is 0 Å². The van der Waals surface area contributed by atoms with Crippen molar-refractivity contribution in [1.82, 2.24) is 14.9 Å². The first-order valence-corrected chi connectivity index (χ1v) is 4.69. The molecule has 1 aromatic rings. The number of imidazole rings is 1. The van der Waals surface area contributed by atoms with Gasteiger partial charge >= 0.3 is 0 Å². The van der Waals surface area contributed by atoms with Crippen LogP contribution in [0, 0.1) is 34.0 Å². The molecule has 1 atom stereocenters. The molecule has 0 radical (unpaired) electrons. The molecule has 0 aliphatic carbocycles. The van der Waals surface area contributed by atoms with Crippen molar-refractivity contribution in [3.8, 4) is 18.2 Å². The van der Waals surface area contributed by atoms with Crippen LogP contribution in [0.15, 0.2) is 6.33 Å². The van der Waals surface area contributed by atoms with Crippen molar-refractivity contribution in [2.45, 2.75) is 19.0 Å². The molecule has 0 saturated carbocycles. The number of nitrogens with zero attached hydrogens (tertiary/aromatic N) is 5. The zero-order chi connectivity index (χ0) is 12.0. The summed E-state index contributed by atoms with van der Waals surface area (Å²) in [5.74, 6) is 0. The van der Waals surface area contributed by atoms with Crippen LogP contribution < -0.4 is 5.32 Å². The second kappa shape index (κ2) is 5.50. The Kier molecular flexibility index (Phi) is 4.03. The molecule has 1 unspecified atom stereocenters. The lowest BCUT2D eigenvalue weighted by Gasteiger charge is -2.08. The Labute approximate surface area is 93.4 Å². The first kappa shape index (κ1) is 11.7. The SMILES string of the molecule is CNC(C#N)CCn1cnc(C#N)c1C#N. The first-order valence-electron chi connectivity index (χ1n) is 4.69. The second-order valence-electron chi connectivity index (χ2n) is 3.12. The van der Waals surface area contributed by atoms with E-state index in [1.165, 1.54) is 6.33 Å². The molecule has 0 aliphatic rings. The summed E-state index contributed by atoms with van der Waals surface area (Å²) in [7, 11) is 1.70. The maximum Gasteiger partial charge on any atom is 0.176 e. The number of aryl methyl sites for hydroxylation is 1. The van der Waals surface area contributed by atoms with E-state index in [9.17, 15) is 0 Å². The van der Waals surface area contributed by atoms with Gasteiger partial charge < -0.3 is 9.88 Å². The molecule has 0 spiro atoms. The van der Waals surface area contributed by atoms with Gasteiger partial charge in [0.2, 0.25) is 0 Å². The Bertz CT molecular complexity index is 481. The van der Waals surface area contributed by atoms with Crippen molar-refractivity contribution in [1.29, 1.82) is 15.8 Å². The predicted octanol–water partition coefficient (Wildman–Crippen LogP) is 0.128. The van der Waals surface area contributed by atoms with E-state index in [4.69, 9.17) is 15.8 Å². The summed E-state index contributed by atoms with van der Waals surface area (Å²) < 4.78 is 1.58. The van der Waals surface area contributed by atoms with Crippen LogP contribution in [-0.2, 0) is 6.54 Å². The number of hydrogen-bond acceptors (Lipinski definition) is 5. The quantitative estimate of drug-likeness (QED) is 0.767. The molecule has 1 N–H and O–H groups in total. The largest absolute Gasteiger partial charge is 0.321 e. The van der Waals surface area contributed by atoms with Gasteiger partial charge in [-0.05, 0) is 13.5 Å². The average molecular weight is 214 g/mol. The normalized spacial score (nSPS) is 11.1. The Morgan fingerprint density at radius 1 is 1.44 bits per heavy atom. The van der Waals surface area contributed by atoms with Gasteiger partial charge in [0, 0.05) is 6.54 Å². The molecule has 80 valence electrons. The van der Waals surface area contributed by atoms with Crippen LogP contribution in [0.1, 0.15) is 17.8 Å². The van der Waals surface area contributed by atoms with Gasteiger partial charge in [-0.15, -0.1) is 0 Å². The Balaban J connectivity index is 2.77. The average Bonchev–Trinajstić information content (AvgIpc) is 2.72. The summed E-state index contributed by atoms with van der Waals surface area (Å²) in [6.07, 6.45) is 2.00. The zero-order valence-corrected chi connectivity index (χ0v) is 8.80. The van der Waals surface area contributed by atoms with Gasteiger partial charge in [0.25, 0.3) is 0 Å². The standard InChI is InChI=1S/C10H10N6/c1-14-8(4-11)2-3-16-7-15-9(5-12)10(16)6-13/h7-8,14H,2-3H2,1H3. The van der Waals surface area contributed by atoms with Gasteiger partial charge in [0.15, 0.2) is 11.4 Å². The van der Waals surface area contributed by atoms with Crippen LogP contribution in [0.5, 0.6) is 0 Å². The molecule has 16 heavy (non-hydrogen) atoms. The molecule has 0 amide bonds. The van der Waals surface area contributed by atoms with E-state index >= 15 is 0 Å². The van der Waals surface area contributed by atoms with Gasteiger partial charge in [-0.1, -0.05) is 0 Å². The molecular weight excluding hydrogens is 204 g/mol. The number of hydrogen-bond donors (Lipinski definition) is 1. The number of rotatable bonds is 4.